The van der Waals surface area contributed by atoms with Gasteiger partial charge in [0.25, 0.3) is 10.0 Å². The molecule has 0 saturated heterocycles. The number of anilines is 1. The number of halogens is 2. The molecule has 168 valence electrons. The molecule has 1 N–H and O–H groups in total. The van der Waals surface area contributed by atoms with Crippen LogP contribution in [-0.4, -0.2) is 30.0 Å². The van der Waals surface area contributed by atoms with Gasteiger partial charge in [-0.3, -0.25) is 9.52 Å². The van der Waals surface area contributed by atoms with Crippen molar-refractivity contribution in [1.29, 1.82) is 0 Å². The third kappa shape index (κ3) is 5.80. The molecule has 0 fully saturated rings. The number of carbonyl (C=O) groups excluding carboxylic acids is 1. The van der Waals surface area contributed by atoms with E-state index < -0.39 is 28.1 Å². The minimum atomic E-state index is -4.03. The van der Waals surface area contributed by atoms with Gasteiger partial charge in [-0.2, -0.15) is 10.2 Å². The van der Waals surface area contributed by atoms with Gasteiger partial charge in [-0.05, 0) is 69.3 Å². The summed E-state index contributed by atoms with van der Waals surface area (Å²) in [6, 6.07) is 11.3. The topological polar surface area (TPSA) is 98.2 Å². The first-order valence-corrected chi connectivity index (χ1v) is 11.4. The summed E-state index contributed by atoms with van der Waals surface area (Å²) in [5.41, 5.74) is -0.377. The molecule has 1 heterocycles. The van der Waals surface area contributed by atoms with E-state index in [0.717, 1.165) is 0 Å². The van der Waals surface area contributed by atoms with Crippen LogP contribution < -0.4 is 9.46 Å². The largest absolute Gasteiger partial charge is 0.488 e. The molecule has 0 amide bonds. The van der Waals surface area contributed by atoms with Crippen LogP contribution in [0.2, 0.25) is 5.02 Å². The van der Waals surface area contributed by atoms with E-state index in [0.29, 0.717) is 5.75 Å². The van der Waals surface area contributed by atoms with E-state index in [1.165, 1.54) is 42.6 Å². The number of hydrogen-bond donors (Lipinski definition) is 1. The van der Waals surface area contributed by atoms with Crippen LogP contribution in [0, 0.1) is 0 Å². The van der Waals surface area contributed by atoms with E-state index in [9.17, 15) is 17.6 Å². The Balaban J connectivity index is 1.92. The Morgan fingerprint density at radius 2 is 1.81 bits per heavy atom. The first kappa shape index (κ1) is 23.6. The second kappa shape index (κ2) is 9.22. The predicted octanol–water partition coefficient (Wildman–Crippen LogP) is 4.81. The van der Waals surface area contributed by atoms with Gasteiger partial charge in [-0.1, -0.05) is 11.6 Å². The summed E-state index contributed by atoms with van der Waals surface area (Å²) in [4.78, 5) is 13.0. The predicted molar refractivity (Wildman–Crippen MR) is 119 cm³/mol. The molecule has 0 atom stereocenters. The lowest BCUT2D eigenvalue weighted by Gasteiger charge is -2.21. The first-order chi connectivity index (χ1) is 15.0. The van der Waals surface area contributed by atoms with E-state index in [4.69, 9.17) is 16.3 Å². The van der Waals surface area contributed by atoms with Gasteiger partial charge < -0.3 is 4.74 Å². The van der Waals surface area contributed by atoms with E-state index in [1.54, 1.807) is 12.1 Å². The Bertz CT molecular complexity index is 1240. The fourth-order valence-electron chi connectivity index (χ4n) is 2.79. The van der Waals surface area contributed by atoms with Gasteiger partial charge in [0.1, 0.15) is 18.0 Å². The molecule has 32 heavy (non-hydrogen) atoms. The lowest BCUT2D eigenvalue weighted by atomic mass is 10.0. The summed E-state index contributed by atoms with van der Waals surface area (Å²) in [5, 5.41) is 7.42. The molecule has 0 bridgehead atoms. The van der Waals surface area contributed by atoms with Crippen LogP contribution in [0.25, 0.3) is 0 Å². The molecule has 0 radical (unpaired) electrons. The molecular weight excluding hydrogens is 457 g/mol. The maximum atomic E-state index is 13.0. The SMILES string of the molecule is CC(C)(C)Oc1ccc(S(=O)(=O)Nc2ccc(Cl)cc2C(=O)c2cnnc(CF)c2)cc1. The molecule has 3 aromatic rings. The zero-order chi connectivity index (χ0) is 23.5. The summed E-state index contributed by atoms with van der Waals surface area (Å²) in [5.74, 6) is -0.0589. The van der Waals surface area contributed by atoms with Crippen molar-refractivity contribution in [2.24, 2.45) is 0 Å². The summed E-state index contributed by atoms with van der Waals surface area (Å²) in [7, 11) is -4.03. The molecule has 0 aliphatic carbocycles. The third-order valence-corrected chi connectivity index (χ3v) is 5.75. The zero-order valence-electron chi connectivity index (χ0n) is 17.6. The van der Waals surface area contributed by atoms with E-state index in [2.05, 4.69) is 14.9 Å². The summed E-state index contributed by atoms with van der Waals surface area (Å²) < 4.78 is 46.9. The number of nitrogens with zero attached hydrogens (tertiary/aromatic N) is 2. The fourth-order valence-corrected chi connectivity index (χ4v) is 4.05. The Kier molecular flexibility index (Phi) is 6.80. The van der Waals surface area contributed by atoms with Gasteiger partial charge in [0.05, 0.1) is 22.5 Å². The Labute approximate surface area is 190 Å². The maximum absolute atomic E-state index is 13.0. The molecule has 3 rings (SSSR count). The molecule has 0 spiro atoms. The van der Waals surface area contributed by atoms with Crippen molar-refractivity contribution in [1.82, 2.24) is 10.2 Å². The van der Waals surface area contributed by atoms with Crippen LogP contribution in [0.4, 0.5) is 10.1 Å². The van der Waals surface area contributed by atoms with Gasteiger partial charge >= 0.3 is 0 Å². The number of rotatable bonds is 7. The molecule has 7 nitrogen and oxygen atoms in total. The summed E-state index contributed by atoms with van der Waals surface area (Å²) in [6.45, 7) is 4.76. The fraction of sp³-hybridized carbons (Fsp3) is 0.227. The normalized spacial score (nSPS) is 11.8. The van der Waals surface area contributed by atoms with Crippen molar-refractivity contribution in [3.8, 4) is 5.75 Å². The smallest absolute Gasteiger partial charge is 0.261 e. The molecule has 0 unspecified atom stereocenters. The number of hydrogen-bond acceptors (Lipinski definition) is 6. The number of ether oxygens (including phenoxy) is 1. The number of aromatic nitrogens is 2. The Morgan fingerprint density at radius 1 is 1.12 bits per heavy atom. The van der Waals surface area contributed by atoms with E-state index in [-0.39, 0.29) is 32.4 Å². The van der Waals surface area contributed by atoms with Gasteiger partial charge in [-0.15, -0.1) is 0 Å². The highest BCUT2D eigenvalue weighted by molar-refractivity contribution is 7.92. The first-order valence-electron chi connectivity index (χ1n) is 9.52. The average Bonchev–Trinajstić information content (AvgIpc) is 2.73. The lowest BCUT2D eigenvalue weighted by molar-refractivity contribution is 0.103. The number of ketones is 1. The standard InChI is InChI=1S/C22H21ClFN3O4S/c1-22(2,3)31-17-5-7-18(8-6-17)32(29,30)27-20-9-4-15(23)11-19(20)21(28)14-10-16(12-24)26-25-13-14/h4-11,13,27H,12H2,1-3H3. The minimum absolute atomic E-state index is 0.00781. The number of alkyl halides is 1. The van der Waals surface area contributed by atoms with Gasteiger partial charge in [0.15, 0.2) is 5.78 Å². The second-order valence-corrected chi connectivity index (χ2v) is 10.00. The number of benzene rings is 2. The van der Waals surface area contributed by atoms with Crippen molar-refractivity contribution < 1.29 is 22.3 Å². The number of nitrogens with one attached hydrogen (secondary N) is 1. The Morgan fingerprint density at radius 3 is 2.44 bits per heavy atom. The van der Waals surface area contributed by atoms with Crippen LogP contribution in [0.1, 0.15) is 42.4 Å². The quantitative estimate of drug-likeness (QED) is 0.490. The molecular formula is C22H21ClFN3O4S. The summed E-state index contributed by atoms with van der Waals surface area (Å²) in [6.07, 6.45) is 1.18. The van der Waals surface area contributed by atoms with E-state index in [1.807, 2.05) is 20.8 Å². The molecule has 0 aliphatic rings. The van der Waals surface area contributed by atoms with Crippen LogP contribution in [0.3, 0.4) is 0 Å². The minimum Gasteiger partial charge on any atom is -0.488 e. The molecule has 0 aliphatic heterocycles. The third-order valence-electron chi connectivity index (χ3n) is 4.13. The van der Waals surface area contributed by atoms with Crippen LogP contribution in [-0.2, 0) is 16.7 Å². The maximum Gasteiger partial charge on any atom is 0.261 e. The van der Waals surface area contributed by atoms with Crippen molar-refractivity contribution >= 4 is 33.1 Å². The van der Waals surface area contributed by atoms with Crippen molar-refractivity contribution in [3.05, 3.63) is 76.6 Å². The zero-order valence-corrected chi connectivity index (χ0v) is 19.2. The monoisotopic (exact) mass is 477 g/mol. The molecule has 0 saturated carbocycles. The highest BCUT2D eigenvalue weighted by Gasteiger charge is 2.21. The van der Waals surface area contributed by atoms with Crippen molar-refractivity contribution in [2.75, 3.05) is 4.72 Å². The second-order valence-electron chi connectivity index (χ2n) is 7.88. The highest BCUT2D eigenvalue weighted by Crippen LogP contribution is 2.27. The van der Waals surface area contributed by atoms with Crippen LogP contribution >= 0.6 is 11.6 Å². The molecule has 1 aromatic heterocycles. The van der Waals surface area contributed by atoms with Crippen molar-refractivity contribution in [2.45, 2.75) is 37.9 Å². The Hall–Kier alpha value is -3.04. The average molecular weight is 478 g/mol. The molecule has 10 heteroatoms. The van der Waals surface area contributed by atoms with Crippen molar-refractivity contribution in [3.63, 3.8) is 0 Å². The highest BCUT2D eigenvalue weighted by atomic mass is 35.5. The van der Waals surface area contributed by atoms with Gasteiger partial charge in [0.2, 0.25) is 0 Å². The number of carbonyl (C=O) groups is 1. The van der Waals surface area contributed by atoms with Crippen LogP contribution in [0.15, 0.2) is 59.6 Å². The van der Waals surface area contributed by atoms with Gasteiger partial charge in [-0.25, -0.2) is 12.8 Å². The van der Waals surface area contributed by atoms with Gasteiger partial charge in [0, 0.05) is 16.1 Å². The van der Waals surface area contributed by atoms with E-state index >= 15 is 0 Å². The lowest BCUT2D eigenvalue weighted by Crippen LogP contribution is -2.23. The van der Waals surface area contributed by atoms with Crippen LogP contribution in [0.5, 0.6) is 5.75 Å². The molecule has 2 aromatic carbocycles. The summed E-state index contributed by atoms with van der Waals surface area (Å²) >= 11 is 6.03. The number of sulfonamides is 1.